The molecule has 0 aromatic rings. The summed E-state index contributed by atoms with van der Waals surface area (Å²) in [7, 11) is 0. The molecule has 2 aliphatic rings. The van der Waals surface area contributed by atoms with Gasteiger partial charge in [-0.1, -0.05) is 26.7 Å². The first kappa shape index (κ1) is 7.60. The van der Waals surface area contributed by atoms with Gasteiger partial charge in [-0.25, -0.2) is 0 Å². The van der Waals surface area contributed by atoms with Crippen molar-refractivity contribution in [3.63, 3.8) is 0 Å². The van der Waals surface area contributed by atoms with Crippen LogP contribution in [0.2, 0.25) is 0 Å². The predicted octanol–water partition coefficient (Wildman–Crippen LogP) is 2.60. The smallest absolute Gasteiger partial charge is 0.0872 e. The average molecular weight is 154 g/mol. The second-order valence-corrected chi connectivity index (χ2v) is 4.33. The van der Waals surface area contributed by atoms with Gasteiger partial charge in [0.1, 0.15) is 0 Å². The molecular formula is C10H18O. The topological polar surface area (TPSA) is 12.5 Å². The van der Waals surface area contributed by atoms with Crippen LogP contribution in [-0.4, -0.2) is 12.2 Å². The van der Waals surface area contributed by atoms with Crippen LogP contribution in [0.1, 0.15) is 39.5 Å². The molecule has 0 aromatic heterocycles. The predicted molar refractivity (Wildman–Crippen MR) is 45.5 cm³/mol. The van der Waals surface area contributed by atoms with Crippen molar-refractivity contribution in [3.8, 4) is 0 Å². The van der Waals surface area contributed by atoms with Gasteiger partial charge in [0.05, 0.1) is 12.2 Å². The number of hydrogen-bond acceptors (Lipinski definition) is 1. The molecule has 11 heavy (non-hydrogen) atoms. The number of hydrogen-bond donors (Lipinski definition) is 0. The zero-order valence-electron chi connectivity index (χ0n) is 7.55. The van der Waals surface area contributed by atoms with Crippen molar-refractivity contribution in [1.29, 1.82) is 0 Å². The third kappa shape index (κ3) is 1.44. The van der Waals surface area contributed by atoms with Crippen LogP contribution in [0, 0.1) is 11.8 Å². The molecule has 0 radical (unpaired) electrons. The van der Waals surface area contributed by atoms with Crippen LogP contribution in [0.3, 0.4) is 0 Å². The third-order valence-electron chi connectivity index (χ3n) is 3.18. The fourth-order valence-corrected chi connectivity index (χ4v) is 2.37. The highest BCUT2D eigenvalue weighted by Crippen LogP contribution is 2.42. The molecule has 1 saturated carbocycles. The van der Waals surface area contributed by atoms with E-state index in [9.17, 15) is 0 Å². The highest BCUT2D eigenvalue weighted by atomic mass is 16.6. The quantitative estimate of drug-likeness (QED) is 0.529. The van der Waals surface area contributed by atoms with Gasteiger partial charge in [0, 0.05) is 0 Å². The van der Waals surface area contributed by atoms with E-state index in [0.29, 0.717) is 12.2 Å². The van der Waals surface area contributed by atoms with Gasteiger partial charge in [-0.05, 0) is 24.7 Å². The Bertz CT molecular complexity index is 142. The molecule has 2 rings (SSSR count). The molecule has 1 nitrogen and oxygen atoms in total. The summed E-state index contributed by atoms with van der Waals surface area (Å²) >= 11 is 0. The van der Waals surface area contributed by atoms with E-state index in [-0.39, 0.29) is 0 Å². The number of fused-ring (bicyclic) bond motifs is 1. The Morgan fingerprint density at radius 3 is 2.64 bits per heavy atom. The fourth-order valence-electron chi connectivity index (χ4n) is 2.37. The summed E-state index contributed by atoms with van der Waals surface area (Å²) in [5.74, 6) is 1.69. The lowest BCUT2D eigenvalue weighted by Crippen LogP contribution is -2.15. The highest BCUT2D eigenvalue weighted by Gasteiger charge is 2.46. The lowest BCUT2D eigenvalue weighted by molar-refractivity contribution is 0.240. The van der Waals surface area contributed by atoms with E-state index < -0.39 is 0 Å². The van der Waals surface area contributed by atoms with Crippen molar-refractivity contribution in [2.75, 3.05) is 0 Å². The summed E-state index contributed by atoms with van der Waals surface area (Å²) in [5.41, 5.74) is 0. The van der Waals surface area contributed by atoms with Crippen LogP contribution in [0.25, 0.3) is 0 Å². The minimum Gasteiger partial charge on any atom is -0.369 e. The van der Waals surface area contributed by atoms with E-state index >= 15 is 0 Å². The first-order valence-corrected chi connectivity index (χ1v) is 4.94. The van der Waals surface area contributed by atoms with Crippen molar-refractivity contribution in [1.82, 2.24) is 0 Å². The van der Waals surface area contributed by atoms with Crippen molar-refractivity contribution >= 4 is 0 Å². The number of epoxide rings is 1. The summed E-state index contributed by atoms with van der Waals surface area (Å²) in [6.45, 7) is 4.66. The molecule has 1 saturated heterocycles. The Kier molecular flexibility index (Phi) is 1.92. The Balaban J connectivity index is 1.96. The van der Waals surface area contributed by atoms with E-state index in [1.165, 1.54) is 25.7 Å². The second-order valence-electron chi connectivity index (χ2n) is 4.33. The van der Waals surface area contributed by atoms with E-state index in [0.717, 1.165) is 11.8 Å². The van der Waals surface area contributed by atoms with E-state index in [4.69, 9.17) is 4.74 Å². The van der Waals surface area contributed by atoms with Crippen LogP contribution in [0.5, 0.6) is 0 Å². The van der Waals surface area contributed by atoms with Crippen LogP contribution in [-0.2, 0) is 4.74 Å². The zero-order chi connectivity index (χ0) is 7.84. The van der Waals surface area contributed by atoms with E-state index in [2.05, 4.69) is 13.8 Å². The van der Waals surface area contributed by atoms with Crippen LogP contribution < -0.4 is 0 Å². The van der Waals surface area contributed by atoms with Crippen molar-refractivity contribution in [3.05, 3.63) is 0 Å². The Morgan fingerprint density at radius 1 is 1.18 bits per heavy atom. The van der Waals surface area contributed by atoms with Crippen LogP contribution in [0.4, 0.5) is 0 Å². The Morgan fingerprint density at radius 2 is 1.91 bits per heavy atom. The molecule has 0 bridgehead atoms. The minimum absolute atomic E-state index is 0.650. The van der Waals surface area contributed by atoms with Crippen LogP contribution in [0.15, 0.2) is 0 Å². The van der Waals surface area contributed by atoms with Gasteiger partial charge in [-0.2, -0.15) is 0 Å². The molecule has 3 unspecified atom stereocenters. The Hall–Kier alpha value is -0.0400. The zero-order valence-corrected chi connectivity index (χ0v) is 7.55. The van der Waals surface area contributed by atoms with Crippen molar-refractivity contribution in [2.24, 2.45) is 11.8 Å². The normalized spacial score (nSPS) is 43.4. The first-order valence-electron chi connectivity index (χ1n) is 4.94. The van der Waals surface area contributed by atoms with Gasteiger partial charge in [-0.15, -0.1) is 0 Å². The molecule has 1 heteroatoms. The van der Waals surface area contributed by atoms with E-state index in [1.807, 2.05) is 0 Å². The molecule has 0 spiro atoms. The highest BCUT2D eigenvalue weighted by molar-refractivity contribution is 4.93. The van der Waals surface area contributed by atoms with Gasteiger partial charge in [-0.3, -0.25) is 0 Å². The van der Waals surface area contributed by atoms with Gasteiger partial charge in [0.2, 0.25) is 0 Å². The largest absolute Gasteiger partial charge is 0.369 e. The molecule has 0 amide bonds. The minimum atomic E-state index is 0.650. The molecule has 1 aliphatic carbocycles. The van der Waals surface area contributed by atoms with Gasteiger partial charge >= 0.3 is 0 Å². The summed E-state index contributed by atoms with van der Waals surface area (Å²) in [6, 6.07) is 0. The molecule has 1 aliphatic heterocycles. The lowest BCUT2D eigenvalue weighted by atomic mass is 9.88. The maximum absolute atomic E-state index is 5.63. The number of rotatable bonds is 1. The lowest BCUT2D eigenvalue weighted by Gasteiger charge is -2.16. The molecule has 3 atom stereocenters. The maximum atomic E-state index is 5.63. The third-order valence-corrected chi connectivity index (χ3v) is 3.18. The second kappa shape index (κ2) is 2.78. The molecule has 0 aromatic carbocycles. The standard InChI is InChI=1S/C10H18O/c1-7(2)8-5-3-4-6-9-10(8)11-9/h7-10H,3-6H2,1-2H3. The molecule has 1 heterocycles. The fraction of sp³-hybridized carbons (Fsp3) is 1.00. The molecular weight excluding hydrogens is 136 g/mol. The summed E-state index contributed by atoms with van der Waals surface area (Å²) < 4.78 is 5.63. The maximum Gasteiger partial charge on any atom is 0.0872 e. The Labute approximate surface area is 69.1 Å². The van der Waals surface area contributed by atoms with Gasteiger partial charge < -0.3 is 4.74 Å². The number of ether oxygens (including phenoxy) is 1. The van der Waals surface area contributed by atoms with E-state index in [1.54, 1.807) is 0 Å². The van der Waals surface area contributed by atoms with Crippen molar-refractivity contribution < 1.29 is 4.74 Å². The first-order chi connectivity index (χ1) is 5.29. The molecule has 2 fully saturated rings. The molecule has 0 N–H and O–H groups in total. The van der Waals surface area contributed by atoms with Crippen molar-refractivity contribution in [2.45, 2.75) is 51.7 Å². The van der Waals surface area contributed by atoms with Crippen LogP contribution >= 0.6 is 0 Å². The van der Waals surface area contributed by atoms with Gasteiger partial charge in [0.25, 0.3) is 0 Å². The summed E-state index contributed by atoms with van der Waals surface area (Å²) in [6.07, 6.45) is 6.86. The summed E-state index contributed by atoms with van der Waals surface area (Å²) in [5, 5.41) is 0. The monoisotopic (exact) mass is 154 g/mol. The average Bonchev–Trinajstić information content (AvgIpc) is 2.60. The van der Waals surface area contributed by atoms with Gasteiger partial charge in [0.15, 0.2) is 0 Å². The SMILES string of the molecule is CC(C)C1CCCCC2OC21. The molecule has 64 valence electrons. The summed E-state index contributed by atoms with van der Waals surface area (Å²) in [4.78, 5) is 0.